The van der Waals surface area contributed by atoms with Gasteiger partial charge in [0.1, 0.15) is 0 Å². The summed E-state index contributed by atoms with van der Waals surface area (Å²) in [5.41, 5.74) is 4.91. The third-order valence-electron chi connectivity index (χ3n) is 2.18. The number of nitrogens with one attached hydrogen (secondary N) is 2. The average molecular weight is 282 g/mol. The van der Waals surface area contributed by atoms with Gasteiger partial charge >= 0.3 is 0 Å². The molecule has 6 heteroatoms. The van der Waals surface area contributed by atoms with E-state index in [1.165, 1.54) is 0 Å². The molecule has 0 bridgehead atoms. The highest BCUT2D eigenvalue weighted by molar-refractivity contribution is 5.78. The van der Waals surface area contributed by atoms with Crippen molar-refractivity contribution in [2.75, 3.05) is 0 Å². The van der Waals surface area contributed by atoms with Gasteiger partial charge in [-0.05, 0) is 24.7 Å². The number of nitrogens with zero attached hydrogens (tertiary/aromatic N) is 2. The zero-order valence-electron chi connectivity index (χ0n) is 12.8. The summed E-state index contributed by atoms with van der Waals surface area (Å²) in [4.78, 5) is 22.7. The maximum Gasteiger partial charge on any atom is 0.240 e. The molecular weight excluding hydrogens is 256 g/mol. The second-order valence-corrected chi connectivity index (χ2v) is 5.32. The number of unbranched alkanes of at least 4 members (excludes halogenated alkanes) is 1. The molecular formula is C14H26N4O2. The van der Waals surface area contributed by atoms with Crippen molar-refractivity contribution in [3.05, 3.63) is 0 Å². The minimum Gasteiger partial charge on any atom is -0.273 e. The summed E-state index contributed by atoms with van der Waals surface area (Å²) in [6, 6.07) is 0. The van der Waals surface area contributed by atoms with E-state index in [2.05, 4.69) is 21.1 Å². The third kappa shape index (κ3) is 12.7. The molecule has 0 aromatic heterocycles. The monoisotopic (exact) mass is 282 g/mol. The van der Waals surface area contributed by atoms with Crippen LogP contribution in [0.15, 0.2) is 10.2 Å². The first kappa shape index (κ1) is 18.3. The number of rotatable bonds is 9. The molecule has 0 rings (SSSR count). The van der Waals surface area contributed by atoms with Gasteiger partial charge in [-0.25, -0.2) is 10.9 Å². The number of amides is 2. The summed E-state index contributed by atoms with van der Waals surface area (Å²) in [7, 11) is 0. The molecule has 20 heavy (non-hydrogen) atoms. The molecule has 0 aromatic carbocycles. The van der Waals surface area contributed by atoms with E-state index in [1.54, 1.807) is 12.4 Å². The predicted octanol–water partition coefficient (Wildman–Crippen LogP) is 2.06. The van der Waals surface area contributed by atoms with Crippen molar-refractivity contribution in [3.63, 3.8) is 0 Å². The molecule has 6 nitrogen and oxygen atoms in total. The van der Waals surface area contributed by atoms with Gasteiger partial charge in [0.25, 0.3) is 0 Å². The highest BCUT2D eigenvalue weighted by Crippen LogP contribution is 2.00. The van der Waals surface area contributed by atoms with E-state index in [0.29, 0.717) is 37.5 Å². The molecule has 0 atom stereocenters. The van der Waals surface area contributed by atoms with Crippen LogP contribution in [-0.4, -0.2) is 24.2 Å². The average Bonchev–Trinajstić information content (AvgIpc) is 2.33. The molecule has 0 saturated heterocycles. The van der Waals surface area contributed by atoms with Crippen molar-refractivity contribution in [1.29, 1.82) is 0 Å². The predicted molar refractivity (Wildman–Crippen MR) is 81.4 cm³/mol. The van der Waals surface area contributed by atoms with Crippen molar-refractivity contribution in [2.45, 2.75) is 53.4 Å². The van der Waals surface area contributed by atoms with Crippen LogP contribution in [0.25, 0.3) is 0 Å². The first-order chi connectivity index (χ1) is 9.41. The Morgan fingerprint density at radius 3 is 1.50 bits per heavy atom. The Kier molecular flexibility index (Phi) is 10.2. The van der Waals surface area contributed by atoms with Gasteiger partial charge in [0.15, 0.2) is 0 Å². The van der Waals surface area contributed by atoms with Crippen LogP contribution in [0.1, 0.15) is 53.4 Å². The largest absolute Gasteiger partial charge is 0.273 e. The Labute approximate surface area is 121 Å². The number of hydrogen-bond donors (Lipinski definition) is 2. The molecule has 2 N–H and O–H groups in total. The quantitative estimate of drug-likeness (QED) is 0.385. The Bertz CT molecular complexity index is 315. The van der Waals surface area contributed by atoms with Gasteiger partial charge in [0.2, 0.25) is 11.8 Å². The van der Waals surface area contributed by atoms with Crippen LogP contribution in [-0.2, 0) is 9.59 Å². The van der Waals surface area contributed by atoms with Crippen LogP contribution in [0, 0.1) is 11.8 Å². The summed E-state index contributed by atoms with van der Waals surface area (Å²) in [6.45, 7) is 7.93. The molecule has 0 aliphatic rings. The summed E-state index contributed by atoms with van der Waals surface area (Å²) >= 11 is 0. The highest BCUT2D eigenvalue weighted by atomic mass is 16.2. The first-order valence-corrected chi connectivity index (χ1v) is 7.06. The zero-order valence-corrected chi connectivity index (χ0v) is 12.8. The fourth-order valence-electron chi connectivity index (χ4n) is 1.20. The fraction of sp³-hybridized carbons (Fsp3) is 0.714. The van der Waals surface area contributed by atoms with Crippen LogP contribution < -0.4 is 10.9 Å². The first-order valence-electron chi connectivity index (χ1n) is 7.06. The molecule has 0 unspecified atom stereocenters. The van der Waals surface area contributed by atoms with Crippen LogP contribution in [0.2, 0.25) is 0 Å². The van der Waals surface area contributed by atoms with Crippen LogP contribution >= 0.6 is 0 Å². The van der Waals surface area contributed by atoms with Crippen molar-refractivity contribution >= 4 is 24.2 Å². The number of carbonyl (C=O) groups is 2. The normalized spacial score (nSPS) is 11.7. The molecule has 0 saturated carbocycles. The van der Waals surface area contributed by atoms with Gasteiger partial charge in [-0.1, -0.05) is 27.7 Å². The van der Waals surface area contributed by atoms with Gasteiger partial charge in [-0.3, -0.25) is 9.59 Å². The van der Waals surface area contributed by atoms with E-state index in [-0.39, 0.29) is 11.8 Å². The van der Waals surface area contributed by atoms with E-state index in [1.807, 2.05) is 27.7 Å². The molecule has 114 valence electrons. The Balaban J connectivity index is 3.60. The van der Waals surface area contributed by atoms with Gasteiger partial charge in [-0.15, -0.1) is 0 Å². The minimum atomic E-state index is -0.125. The molecule has 0 spiro atoms. The molecule has 0 heterocycles. The lowest BCUT2D eigenvalue weighted by Crippen LogP contribution is -2.19. The maximum atomic E-state index is 11.4. The summed E-state index contributed by atoms with van der Waals surface area (Å²) < 4.78 is 0. The lowest BCUT2D eigenvalue weighted by Gasteiger charge is -2.01. The number of carbonyl (C=O) groups excluding carboxylic acids is 2. The Hall–Kier alpha value is -1.72. The van der Waals surface area contributed by atoms with Crippen molar-refractivity contribution < 1.29 is 9.59 Å². The number of hydrogen-bond acceptors (Lipinski definition) is 4. The van der Waals surface area contributed by atoms with Gasteiger partial charge in [0, 0.05) is 25.3 Å². The molecule has 0 fully saturated rings. The minimum absolute atomic E-state index is 0.125. The second kappa shape index (κ2) is 11.1. The number of hydrazone groups is 2. The molecule has 2 amide bonds. The smallest absolute Gasteiger partial charge is 0.240 e. The molecule has 0 aliphatic carbocycles. The second-order valence-electron chi connectivity index (χ2n) is 5.32. The lowest BCUT2D eigenvalue weighted by molar-refractivity contribution is -0.123. The summed E-state index contributed by atoms with van der Waals surface area (Å²) in [6.07, 6.45) is 5.42. The lowest BCUT2D eigenvalue weighted by atomic mass is 10.2. The van der Waals surface area contributed by atoms with Gasteiger partial charge in [0.05, 0.1) is 0 Å². The molecule has 0 radical (unpaired) electrons. The summed E-state index contributed by atoms with van der Waals surface area (Å²) in [5, 5.41) is 7.64. The molecule has 0 aliphatic heterocycles. The van der Waals surface area contributed by atoms with E-state index in [9.17, 15) is 9.59 Å². The zero-order chi connectivity index (χ0) is 15.4. The van der Waals surface area contributed by atoms with Crippen LogP contribution in [0.3, 0.4) is 0 Å². The van der Waals surface area contributed by atoms with E-state index in [0.717, 1.165) is 0 Å². The Morgan fingerprint density at radius 1 is 0.850 bits per heavy atom. The highest BCUT2D eigenvalue weighted by Gasteiger charge is 2.02. The molecule has 0 aromatic rings. The van der Waals surface area contributed by atoms with Gasteiger partial charge in [-0.2, -0.15) is 10.2 Å². The van der Waals surface area contributed by atoms with Crippen molar-refractivity contribution in [2.24, 2.45) is 22.0 Å². The van der Waals surface area contributed by atoms with Crippen molar-refractivity contribution in [3.8, 4) is 0 Å². The fourth-order valence-corrected chi connectivity index (χ4v) is 1.20. The SMILES string of the molecule is CC(C)C=NNC(=O)CCCCC(=O)NN=CC(C)C. The standard InChI is InChI=1S/C14H26N4O2/c1-11(2)9-15-17-13(19)7-5-6-8-14(20)18-16-10-12(3)4/h9-12H,5-8H2,1-4H3,(H,17,19)(H,18,20). The maximum absolute atomic E-state index is 11.4. The van der Waals surface area contributed by atoms with E-state index >= 15 is 0 Å². The van der Waals surface area contributed by atoms with Crippen LogP contribution in [0.4, 0.5) is 0 Å². The van der Waals surface area contributed by atoms with Crippen molar-refractivity contribution in [1.82, 2.24) is 10.9 Å². The van der Waals surface area contributed by atoms with E-state index < -0.39 is 0 Å². The third-order valence-corrected chi connectivity index (χ3v) is 2.18. The topological polar surface area (TPSA) is 82.9 Å². The summed E-state index contributed by atoms with van der Waals surface area (Å²) in [5.74, 6) is 0.371. The van der Waals surface area contributed by atoms with Crippen LogP contribution in [0.5, 0.6) is 0 Å². The van der Waals surface area contributed by atoms with Gasteiger partial charge < -0.3 is 0 Å². The Morgan fingerprint density at radius 2 is 1.20 bits per heavy atom. The van der Waals surface area contributed by atoms with E-state index in [4.69, 9.17) is 0 Å².